The summed E-state index contributed by atoms with van der Waals surface area (Å²) < 4.78 is 5.18. The van der Waals surface area contributed by atoms with Gasteiger partial charge in [-0.1, -0.05) is 12.1 Å². The molecule has 0 saturated heterocycles. The average molecular weight is 282 g/mol. The summed E-state index contributed by atoms with van der Waals surface area (Å²) in [5.74, 6) is 0.0263. The molecular weight excluding hydrogens is 268 g/mol. The molecule has 0 aliphatic carbocycles. The van der Waals surface area contributed by atoms with Crippen LogP contribution in [0.5, 0.6) is 5.75 Å². The van der Waals surface area contributed by atoms with Gasteiger partial charge in [0.25, 0.3) is 11.8 Å². The normalized spacial score (nSPS) is 15.0. The second-order valence-corrected chi connectivity index (χ2v) is 4.83. The van der Waals surface area contributed by atoms with Gasteiger partial charge < -0.3 is 4.74 Å². The van der Waals surface area contributed by atoms with Gasteiger partial charge in [0.2, 0.25) is 0 Å². The van der Waals surface area contributed by atoms with Crippen LogP contribution in [0.3, 0.4) is 0 Å². The number of ether oxygens (including phenoxy) is 1. The van der Waals surface area contributed by atoms with E-state index in [0.717, 1.165) is 5.56 Å². The predicted octanol–water partition coefficient (Wildman–Crippen LogP) is 2.45. The van der Waals surface area contributed by atoms with Gasteiger partial charge in [0.05, 0.1) is 18.7 Å². The van der Waals surface area contributed by atoms with Crippen LogP contribution in [-0.2, 0) is 0 Å². The largest absolute Gasteiger partial charge is 0.497 e. The Morgan fingerprint density at radius 3 is 2.67 bits per heavy atom. The van der Waals surface area contributed by atoms with Gasteiger partial charge in [-0.2, -0.15) is 0 Å². The highest BCUT2D eigenvalue weighted by Crippen LogP contribution is 2.31. The van der Waals surface area contributed by atoms with Crippen molar-refractivity contribution in [2.24, 2.45) is 0 Å². The number of carbonyl (C=O) groups excluding carboxylic acids is 2. The lowest BCUT2D eigenvalue weighted by molar-refractivity contribution is 0.0593. The predicted molar refractivity (Wildman–Crippen MR) is 76.1 cm³/mol. The maximum Gasteiger partial charge on any atom is 0.280 e. The van der Waals surface area contributed by atoms with Crippen molar-refractivity contribution in [3.8, 4) is 5.75 Å². The van der Waals surface area contributed by atoms with Gasteiger partial charge >= 0.3 is 0 Å². The quantitative estimate of drug-likeness (QED) is 0.811. The molecule has 2 amide bonds. The van der Waals surface area contributed by atoms with Crippen LogP contribution in [0.15, 0.2) is 42.6 Å². The molecule has 1 aromatic carbocycles. The van der Waals surface area contributed by atoms with Crippen molar-refractivity contribution in [1.29, 1.82) is 0 Å². The molecule has 5 nitrogen and oxygen atoms in total. The van der Waals surface area contributed by atoms with E-state index in [0.29, 0.717) is 11.3 Å². The molecule has 1 atom stereocenters. The molecule has 0 radical (unpaired) electrons. The molecule has 0 spiro atoms. The minimum absolute atomic E-state index is 0.220. The summed E-state index contributed by atoms with van der Waals surface area (Å²) in [7, 11) is 1.58. The van der Waals surface area contributed by atoms with E-state index in [2.05, 4.69) is 4.98 Å². The Balaban J connectivity index is 1.98. The Bertz CT molecular complexity index is 692. The summed E-state index contributed by atoms with van der Waals surface area (Å²) in [6, 6.07) is 10.2. The highest BCUT2D eigenvalue weighted by molar-refractivity contribution is 6.20. The molecule has 2 aromatic rings. The standard InChI is InChI=1S/C16H14N2O3/c1-10(11-5-3-6-12(9-11)21-2)18-15(19)13-7-4-8-17-14(13)16(18)20/h3-10H,1-2H3. The maximum atomic E-state index is 12.4. The maximum absolute atomic E-state index is 12.4. The van der Waals surface area contributed by atoms with Gasteiger partial charge in [0, 0.05) is 6.20 Å². The van der Waals surface area contributed by atoms with Crippen molar-refractivity contribution in [2.45, 2.75) is 13.0 Å². The molecule has 1 aliphatic rings. The molecule has 5 heteroatoms. The third kappa shape index (κ3) is 2.07. The van der Waals surface area contributed by atoms with Crippen LogP contribution in [0.1, 0.15) is 39.4 Å². The van der Waals surface area contributed by atoms with Gasteiger partial charge in [-0.15, -0.1) is 0 Å². The molecule has 3 rings (SSSR count). The number of hydrogen-bond donors (Lipinski definition) is 0. The topological polar surface area (TPSA) is 59.5 Å². The minimum Gasteiger partial charge on any atom is -0.497 e. The zero-order chi connectivity index (χ0) is 15.0. The Morgan fingerprint density at radius 1 is 1.14 bits per heavy atom. The molecule has 1 aliphatic heterocycles. The lowest BCUT2D eigenvalue weighted by Crippen LogP contribution is -2.32. The van der Waals surface area contributed by atoms with Crippen LogP contribution >= 0.6 is 0 Å². The number of benzene rings is 1. The summed E-state index contributed by atoms with van der Waals surface area (Å²) in [5, 5.41) is 0. The number of fused-ring (bicyclic) bond motifs is 1. The molecule has 1 unspecified atom stereocenters. The molecule has 1 aromatic heterocycles. The summed E-state index contributed by atoms with van der Waals surface area (Å²) in [6.45, 7) is 1.82. The summed E-state index contributed by atoms with van der Waals surface area (Å²) >= 11 is 0. The second kappa shape index (κ2) is 5.01. The van der Waals surface area contributed by atoms with Crippen LogP contribution in [0.2, 0.25) is 0 Å². The lowest BCUT2D eigenvalue weighted by Gasteiger charge is -2.22. The van der Waals surface area contributed by atoms with Crippen molar-refractivity contribution >= 4 is 11.8 Å². The first-order chi connectivity index (χ1) is 10.1. The van der Waals surface area contributed by atoms with E-state index >= 15 is 0 Å². The van der Waals surface area contributed by atoms with Gasteiger partial charge in [-0.25, -0.2) is 0 Å². The highest BCUT2D eigenvalue weighted by Gasteiger charge is 2.39. The fraction of sp³-hybridized carbons (Fsp3) is 0.188. The van der Waals surface area contributed by atoms with Crippen molar-refractivity contribution < 1.29 is 14.3 Å². The number of nitrogens with zero attached hydrogens (tertiary/aromatic N) is 2. The zero-order valence-electron chi connectivity index (χ0n) is 11.7. The van der Waals surface area contributed by atoms with Gasteiger partial charge in [0.1, 0.15) is 11.4 Å². The van der Waals surface area contributed by atoms with Gasteiger partial charge in [0.15, 0.2) is 0 Å². The smallest absolute Gasteiger partial charge is 0.280 e. The van der Waals surface area contributed by atoms with Gasteiger partial charge in [-0.05, 0) is 36.8 Å². The zero-order valence-corrected chi connectivity index (χ0v) is 11.7. The van der Waals surface area contributed by atoms with Crippen LogP contribution < -0.4 is 4.74 Å². The number of rotatable bonds is 3. The number of carbonyl (C=O) groups is 2. The van der Waals surface area contributed by atoms with Gasteiger partial charge in [-0.3, -0.25) is 19.5 Å². The third-order valence-corrected chi connectivity index (χ3v) is 3.64. The Morgan fingerprint density at radius 2 is 1.95 bits per heavy atom. The SMILES string of the molecule is COc1cccc(C(C)N2C(=O)c3cccnc3C2=O)c1. The molecule has 21 heavy (non-hydrogen) atoms. The van der Waals surface area contributed by atoms with E-state index in [1.165, 1.54) is 11.1 Å². The molecular formula is C16H14N2O3. The first kappa shape index (κ1) is 13.3. The molecule has 106 valence electrons. The molecule has 0 fully saturated rings. The van der Waals surface area contributed by atoms with Crippen molar-refractivity contribution in [3.63, 3.8) is 0 Å². The van der Waals surface area contributed by atoms with E-state index in [-0.39, 0.29) is 23.6 Å². The number of pyridine rings is 1. The summed E-state index contributed by atoms with van der Waals surface area (Å²) in [4.78, 5) is 30.1. The van der Waals surface area contributed by atoms with E-state index in [9.17, 15) is 9.59 Å². The van der Waals surface area contributed by atoms with Crippen LogP contribution in [0, 0.1) is 0 Å². The summed E-state index contributed by atoms with van der Waals surface area (Å²) in [6.07, 6.45) is 1.52. The number of aromatic nitrogens is 1. The summed E-state index contributed by atoms with van der Waals surface area (Å²) in [5.41, 5.74) is 1.42. The number of methoxy groups -OCH3 is 1. The average Bonchev–Trinajstić information content (AvgIpc) is 2.79. The van der Waals surface area contributed by atoms with Crippen LogP contribution in [-0.4, -0.2) is 28.8 Å². The minimum atomic E-state index is -0.380. The van der Waals surface area contributed by atoms with E-state index < -0.39 is 0 Å². The van der Waals surface area contributed by atoms with E-state index in [1.807, 2.05) is 31.2 Å². The first-order valence-corrected chi connectivity index (χ1v) is 6.60. The second-order valence-electron chi connectivity index (χ2n) is 4.83. The molecule has 0 bridgehead atoms. The van der Waals surface area contributed by atoms with Crippen molar-refractivity contribution in [3.05, 3.63) is 59.4 Å². The van der Waals surface area contributed by atoms with Crippen molar-refractivity contribution in [1.82, 2.24) is 9.88 Å². The highest BCUT2D eigenvalue weighted by atomic mass is 16.5. The van der Waals surface area contributed by atoms with Crippen LogP contribution in [0.4, 0.5) is 0 Å². The fourth-order valence-corrected chi connectivity index (χ4v) is 2.49. The first-order valence-electron chi connectivity index (χ1n) is 6.60. The monoisotopic (exact) mass is 282 g/mol. The Hall–Kier alpha value is -2.69. The molecule has 2 heterocycles. The van der Waals surface area contributed by atoms with Crippen molar-refractivity contribution in [2.75, 3.05) is 7.11 Å². The van der Waals surface area contributed by atoms with Crippen LogP contribution in [0.25, 0.3) is 0 Å². The Kier molecular flexibility index (Phi) is 3.17. The van der Waals surface area contributed by atoms with E-state index in [1.54, 1.807) is 19.2 Å². The third-order valence-electron chi connectivity index (χ3n) is 3.64. The fourth-order valence-electron chi connectivity index (χ4n) is 2.49. The number of imide groups is 1. The number of amides is 2. The number of hydrogen-bond acceptors (Lipinski definition) is 4. The lowest BCUT2D eigenvalue weighted by atomic mass is 10.1. The van der Waals surface area contributed by atoms with E-state index in [4.69, 9.17) is 4.74 Å². The molecule has 0 saturated carbocycles. The Labute approximate surface area is 122 Å². The molecule has 0 N–H and O–H groups in total.